The van der Waals surface area contributed by atoms with Crippen molar-refractivity contribution in [3.63, 3.8) is 0 Å². The molecule has 5 heteroatoms. The smallest absolute Gasteiger partial charge is 0.247 e. The molecule has 1 fully saturated rings. The minimum atomic E-state index is -0.468. The van der Waals surface area contributed by atoms with E-state index in [2.05, 4.69) is 0 Å². The number of hydrogen-bond acceptors (Lipinski definition) is 2. The van der Waals surface area contributed by atoms with Crippen molar-refractivity contribution in [3.05, 3.63) is 70.5 Å². The largest absolute Gasteiger partial charge is 0.497 e. The van der Waals surface area contributed by atoms with Crippen LogP contribution in [0.15, 0.2) is 48.5 Å². The van der Waals surface area contributed by atoms with Crippen molar-refractivity contribution in [1.82, 2.24) is 4.90 Å². The Morgan fingerprint density at radius 3 is 2.72 bits per heavy atom. The van der Waals surface area contributed by atoms with E-state index in [0.29, 0.717) is 5.56 Å². The number of halogens is 2. The molecular weight excluding hydrogens is 341 g/mol. The summed E-state index contributed by atoms with van der Waals surface area (Å²) in [6.45, 7) is 0.726. The highest BCUT2D eigenvalue weighted by Gasteiger charge is 2.28. The first-order valence-corrected chi connectivity index (χ1v) is 8.54. The minimum absolute atomic E-state index is 0.0480. The number of methoxy groups -OCH3 is 1. The van der Waals surface area contributed by atoms with Crippen molar-refractivity contribution in [2.24, 2.45) is 0 Å². The predicted molar refractivity (Wildman–Crippen MR) is 97.1 cm³/mol. The van der Waals surface area contributed by atoms with Crippen LogP contribution in [0.4, 0.5) is 4.39 Å². The second kappa shape index (κ2) is 7.70. The summed E-state index contributed by atoms with van der Waals surface area (Å²) >= 11 is 5.77. The molecule has 2 aromatic rings. The number of amides is 1. The van der Waals surface area contributed by atoms with Crippen LogP contribution >= 0.6 is 11.6 Å². The van der Waals surface area contributed by atoms with Gasteiger partial charge in [-0.2, -0.15) is 0 Å². The minimum Gasteiger partial charge on any atom is -0.497 e. The monoisotopic (exact) mass is 359 g/mol. The molecule has 1 aliphatic heterocycles. The Labute approximate surface area is 151 Å². The van der Waals surface area contributed by atoms with E-state index < -0.39 is 5.82 Å². The normalized spacial score (nSPS) is 17.2. The standard InChI is InChI=1S/C20H19ClFNO2/c1-25-16-8-6-15(7-9-16)19-3-2-12-23(19)20(24)11-5-14-4-10-18(22)17(21)13-14/h4-11,13,19H,2-3,12H2,1H3/b11-5+. The lowest BCUT2D eigenvalue weighted by molar-refractivity contribution is -0.126. The van der Waals surface area contributed by atoms with Crippen LogP contribution in [0.2, 0.25) is 5.02 Å². The molecule has 1 amide bonds. The van der Waals surface area contributed by atoms with Gasteiger partial charge in [0.05, 0.1) is 18.2 Å². The van der Waals surface area contributed by atoms with Gasteiger partial charge in [0.2, 0.25) is 5.91 Å². The third-order valence-corrected chi connectivity index (χ3v) is 4.69. The van der Waals surface area contributed by atoms with E-state index in [1.54, 1.807) is 19.3 Å². The molecule has 0 spiro atoms. The van der Waals surface area contributed by atoms with Gasteiger partial charge in [0, 0.05) is 12.6 Å². The second-order valence-corrected chi connectivity index (χ2v) is 6.38. The van der Waals surface area contributed by atoms with Crippen LogP contribution < -0.4 is 4.74 Å². The Bertz CT molecular complexity index is 789. The van der Waals surface area contributed by atoms with Crippen LogP contribution in [-0.4, -0.2) is 24.5 Å². The van der Waals surface area contributed by atoms with Gasteiger partial charge in [0.1, 0.15) is 11.6 Å². The van der Waals surface area contributed by atoms with Crippen molar-refractivity contribution in [1.29, 1.82) is 0 Å². The molecule has 1 heterocycles. The molecule has 1 unspecified atom stereocenters. The summed E-state index contributed by atoms with van der Waals surface area (Å²) in [5, 5.41) is 0.0480. The van der Waals surface area contributed by atoms with Crippen molar-refractivity contribution in [2.45, 2.75) is 18.9 Å². The molecule has 3 rings (SSSR count). The Hall–Kier alpha value is -2.33. The molecule has 130 valence electrons. The molecule has 0 N–H and O–H groups in total. The van der Waals surface area contributed by atoms with Crippen LogP contribution in [0.3, 0.4) is 0 Å². The lowest BCUT2D eigenvalue weighted by Crippen LogP contribution is -2.28. The Kier molecular flexibility index (Phi) is 5.39. The molecule has 0 saturated carbocycles. The number of nitrogens with zero attached hydrogens (tertiary/aromatic N) is 1. The summed E-state index contributed by atoms with van der Waals surface area (Å²) in [6, 6.07) is 12.3. The van der Waals surface area contributed by atoms with Gasteiger partial charge in [-0.3, -0.25) is 4.79 Å². The van der Waals surface area contributed by atoms with Gasteiger partial charge in [-0.25, -0.2) is 4.39 Å². The molecule has 0 aliphatic carbocycles. The number of rotatable bonds is 4. The number of carbonyl (C=O) groups is 1. The molecule has 3 nitrogen and oxygen atoms in total. The number of benzene rings is 2. The summed E-state index contributed by atoms with van der Waals surface area (Å²) in [7, 11) is 1.63. The van der Waals surface area contributed by atoms with Gasteiger partial charge in [-0.1, -0.05) is 29.8 Å². The lowest BCUT2D eigenvalue weighted by Gasteiger charge is -2.24. The fourth-order valence-corrected chi connectivity index (χ4v) is 3.27. The molecule has 1 aliphatic rings. The topological polar surface area (TPSA) is 29.5 Å². The number of hydrogen-bond donors (Lipinski definition) is 0. The van der Waals surface area contributed by atoms with E-state index in [1.165, 1.54) is 18.2 Å². The summed E-state index contributed by atoms with van der Waals surface area (Å²) < 4.78 is 18.4. The average molecular weight is 360 g/mol. The highest BCUT2D eigenvalue weighted by Crippen LogP contribution is 2.33. The molecule has 2 aromatic carbocycles. The lowest BCUT2D eigenvalue weighted by atomic mass is 10.0. The quantitative estimate of drug-likeness (QED) is 0.729. The van der Waals surface area contributed by atoms with Crippen LogP contribution in [0, 0.1) is 5.82 Å². The zero-order valence-corrected chi connectivity index (χ0v) is 14.7. The summed E-state index contributed by atoms with van der Waals surface area (Å²) in [4.78, 5) is 14.4. The Morgan fingerprint density at radius 1 is 1.28 bits per heavy atom. The SMILES string of the molecule is COc1ccc(C2CCCN2C(=O)/C=C/c2ccc(F)c(Cl)c2)cc1. The fourth-order valence-electron chi connectivity index (χ4n) is 3.08. The molecule has 0 bridgehead atoms. The van der Waals surface area contributed by atoms with Crippen LogP contribution in [0.1, 0.15) is 30.0 Å². The molecule has 0 aromatic heterocycles. The molecule has 25 heavy (non-hydrogen) atoms. The van der Waals surface area contributed by atoms with E-state index in [0.717, 1.165) is 30.7 Å². The van der Waals surface area contributed by atoms with Gasteiger partial charge < -0.3 is 9.64 Å². The van der Waals surface area contributed by atoms with Gasteiger partial charge >= 0.3 is 0 Å². The van der Waals surface area contributed by atoms with E-state index in [9.17, 15) is 9.18 Å². The third kappa shape index (κ3) is 4.02. The maximum atomic E-state index is 13.2. The maximum Gasteiger partial charge on any atom is 0.247 e. The van der Waals surface area contributed by atoms with E-state index in [1.807, 2.05) is 29.2 Å². The summed E-state index contributed by atoms with van der Waals surface area (Å²) in [5.41, 5.74) is 1.80. The van der Waals surface area contributed by atoms with Crippen molar-refractivity contribution in [2.75, 3.05) is 13.7 Å². The molecular formula is C20H19ClFNO2. The molecule has 1 atom stereocenters. The Balaban J connectivity index is 1.73. The Morgan fingerprint density at radius 2 is 2.04 bits per heavy atom. The number of carbonyl (C=O) groups excluding carboxylic acids is 1. The second-order valence-electron chi connectivity index (χ2n) is 5.97. The number of likely N-dealkylation sites (tertiary alicyclic amines) is 1. The van der Waals surface area contributed by atoms with E-state index in [-0.39, 0.29) is 17.0 Å². The van der Waals surface area contributed by atoms with Crippen molar-refractivity contribution in [3.8, 4) is 5.75 Å². The third-order valence-electron chi connectivity index (χ3n) is 4.40. The zero-order chi connectivity index (χ0) is 17.8. The maximum absolute atomic E-state index is 13.2. The van der Waals surface area contributed by atoms with E-state index in [4.69, 9.17) is 16.3 Å². The summed E-state index contributed by atoms with van der Waals surface area (Å²) in [6.07, 6.45) is 5.09. The van der Waals surface area contributed by atoms with Crippen LogP contribution in [0.5, 0.6) is 5.75 Å². The van der Waals surface area contributed by atoms with Crippen LogP contribution in [-0.2, 0) is 4.79 Å². The first-order valence-electron chi connectivity index (χ1n) is 8.16. The fraction of sp³-hybridized carbons (Fsp3) is 0.250. The van der Waals surface area contributed by atoms with E-state index >= 15 is 0 Å². The first-order chi connectivity index (χ1) is 12.1. The van der Waals surface area contributed by atoms with Gasteiger partial charge in [-0.05, 0) is 54.3 Å². The molecule has 0 radical (unpaired) electrons. The highest BCUT2D eigenvalue weighted by atomic mass is 35.5. The summed E-state index contributed by atoms with van der Waals surface area (Å²) in [5.74, 6) is 0.274. The molecule has 1 saturated heterocycles. The average Bonchev–Trinajstić information content (AvgIpc) is 3.12. The first kappa shape index (κ1) is 17.5. The predicted octanol–water partition coefficient (Wildman–Crippen LogP) is 4.86. The van der Waals surface area contributed by atoms with Gasteiger partial charge in [-0.15, -0.1) is 0 Å². The van der Waals surface area contributed by atoms with Gasteiger partial charge in [0.15, 0.2) is 0 Å². The number of ether oxygens (including phenoxy) is 1. The van der Waals surface area contributed by atoms with Crippen molar-refractivity contribution >= 4 is 23.6 Å². The zero-order valence-electron chi connectivity index (χ0n) is 13.9. The van der Waals surface area contributed by atoms with Crippen LogP contribution in [0.25, 0.3) is 6.08 Å². The van der Waals surface area contributed by atoms with Gasteiger partial charge in [0.25, 0.3) is 0 Å². The van der Waals surface area contributed by atoms with Crippen molar-refractivity contribution < 1.29 is 13.9 Å². The highest BCUT2D eigenvalue weighted by molar-refractivity contribution is 6.30.